The van der Waals surface area contributed by atoms with Gasteiger partial charge in [-0.3, -0.25) is 0 Å². The van der Waals surface area contributed by atoms with Crippen molar-refractivity contribution in [2.24, 2.45) is 5.29 Å². The summed E-state index contributed by atoms with van der Waals surface area (Å²) < 4.78 is 0. The lowest BCUT2D eigenvalue weighted by molar-refractivity contribution is 0.795. The molecule has 2 aromatic carbocycles. The molecule has 0 amide bonds. The van der Waals surface area contributed by atoms with Crippen molar-refractivity contribution in [1.82, 2.24) is 0 Å². The van der Waals surface area contributed by atoms with E-state index in [0.29, 0.717) is 0 Å². The molecule has 0 heterocycles. The highest BCUT2D eigenvalue weighted by atomic mass is 16.3. The number of para-hydroxylation sites is 1. The van der Waals surface area contributed by atoms with Crippen molar-refractivity contribution in [2.45, 2.75) is 26.2 Å². The van der Waals surface area contributed by atoms with Crippen LogP contribution in [-0.2, 0) is 6.42 Å². The molecule has 0 N–H and O–H groups in total. The molecule has 2 aromatic rings. The second-order valence-electron chi connectivity index (χ2n) is 4.50. The van der Waals surface area contributed by atoms with Crippen molar-refractivity contribution in [3.8, 4) is 0 Å². The molecule has 0 atom stereocenters. The molecule has 0 spiro atoms. The average Bonchev–Trinajstić information content (AvgIpc) is 2.48. The van der Waals surface area contributed by atoms with Crippen molar-refractivity contribution in [1.29, 1.82) is 0 Å². The monoisotopic (exact) mass is 254 g/mol. The van der Waals surface area contributed by atoms with Crippen molar-refractivity contribution in [3.63, 3.8) is 0 Å². The molecule has 0 aliphatic rings. The topological polar surface area (TPSA) is 32.7 Å². The summed E-state index contributed by atoms with van der Waals surface area (Å²) in [5.41, 5.74) is 2.87. The lowest BCUT2D eigenvalue weighted by Gasteiger charge is -2.15. The number of anilines is 2. The molecule has 2 rings (SSSR count). The van der Waals surface area contributed by atoms with Crippen LogP contribution in [0.5, 0.6) is 0 Å². The highest BCUT2D eigenvalue weighted by molar-refractivity contribution is 5.62. The van der Waals surface area contributed by atoms with Gasteiger partial charge in [-0.05, 0) is 42.7 Å². The number of nitrogens with zero attached hydrogens (tertiary/aromatic N) is 2. The molecular formula is C16H18N2O. The van der Waals surface area contributed by atoms with E-state index in [1.54, 1.807) is 0 Å². The van der Waals surface area contributed by atoms with Gasteiger partial charge in [-0.25, -0.2) is 0 Å². The van der Waals surface area contributed by atoms with Crippen LogP contribution in [-0.4, -0.2) is 0 Å². The minimum Gasteiger partial charge on any atom is -0.197 e. The van der Waals surface area contributed by atoms with E-state index in [4.69, 9.17) is 0 Å². The Hall–Kier alpha value is -2.16. The smallest absolute Gasteiger partial charge is 0.0685 e. The number of aryl methyl sites for hydroxylation is 1. The van der Waals surface area contributed by atoms with E-state index in [1.165, 1.54) is 23.4 Å². The van der Waals surface area contributed by atoms with Crippen LogP contribution in [0, 0.1) is 4.91 Å². The van der Waals surface area contributed by atoms with E-state index in [-0.39, 0.29) is 0 Å². The molecule has 19 heavy (non-hydrogen) atoms. The summed E-state index contributed by atoms with van der Waals surface area (Å²) in [6.45, 7) is 2.18. The van der Waals surface area contributed by atoms with Crippen LogP contribution in [0.1, 0.15) is 25.3 Å². The van der Waals surface area contributed by atoms with Crippen molar-refractivity contribution in [2.75, 3.05) is 5.01 Å². The molecule has 0 radical (unpaired) electrons. The molecule has 0 unspecified atom stereocenters. The molecule has 0 fully saturated rings. The van der Waals surface area contributed by atoms with Gasteiger partial charge in [0.1, 0.15) is 0 Å². The Bertz CT molecular complexity index is 508. The van der Waals surface area contributed by atoms with Gasteiger partial charge in [0.25, 0.3) is 0 Å². The minimum absolute atomic E-state index is 0.777. The summed E-state index contributed by atoms with van der Waals surface area (Å²) in [6, 6.07) is 17.4. The highest BCUT2D eigenvalue weighted by Gasteiger charge is 2.08. The third kappa shape index (κ3) is 3.41. The van der Waals surface area contributed by atoms with Crippen LogP contribution in [0.4, 0.5) is 11.4 Å². The largest absolute Gasteiger partial charge is 0.197 e. The van der Waals surface area contributed by atoms with Gasteiger partial charge in [0.15, 0.2) is 0 Å². The van der Waals surface area contributed by atoms with E-state index in [0.717, 1.165) is 17.8 Å². The third-order valence-corrected chi connectivity index (χ3v) is 3.08. The number of hydrogen-bond donors (Lipinski definition) is 0. The quantitative estimate of drug-likeness (QED) is 0.545. The standard InChI is InChI=1S/C16H18N2O/c1-2-3-7-14-10-12-16(13-11-14)18(17-19)15-8-5-4-6-9-15/h4-6,8-13H,2-3,7H2,1H3. The average molecular weight is 254 g/mol. The lowest BCUT2D eigenvalue weighted by atomic mass is 10.1. The van der Waals surface area contributed by atoms with Gasteiger partial charge >= 0.3 is 0 Å². The van der Waals surface area contributed by atoms with Crippen molar-refractivity contribution >= 4 is 11.4 Å². The Labute approximate surface area is 113 Å². The number of hydrogen-bond acceptors (Lipinski definition) is 2. The van der Waals surface area contributed by atoms with Gasteiger partial charge in [0.2, 0.25) is 0 Å². The molecule has 98 valence electrons. The molecule has 0 aliphatic carbocycles. The molecule has 3 heteroatoms. The van der Waals surface area contributed by atoms with E-state index in [9.17, 15) is 4.91 Å². The molecule has 0 saturated heterocycles. The Morgan fingerprint density at radius 3 is 2.16 bits per heavy atom. The zero-order valence-corrected chi connectivity index (χ0v) is 11.1. The fraction of sp³-hybridized carbons (Fsp3) is 0.250. The minimum atomic E-state index is 0.777. The predicted molar refractivity (Wildman–Crippen MR) is 79.4 cm³/mol. The summed E-state index contributed by atoms with van der Waals surface area (Å²) in [4.78, 5) is 11.0. The maximum absolute atomic E-state index is 11.0. The van der Waals surface area contributed by atoms with Crippen LogP contribution in [0.15, 0.2) is 59.9 Å². The first kappa shape index (κ1) is 13.3. The molecule has 3 nitrogen and oxygen atoms in total. The van der Waals surface area contributed by atoms with Gasteiger partial charge < -0.3 is 0 Å². The summed E-state index contributed by atoms with van der Waals surface area (Å²) >= 11 is 0. The third-order valence-electron chi connectivity index (χ3n) is 3.08. The highest BCUT2D eigenvalue weighted by Crippen LogP contribution is 2.25. The number of benzene rings is 2. The van der Waals surface area contributed by atoms with Crippen LogP contribution in [0.25, 0.3) is 0 Å². The van der Waals surface area contributed by atoms with Crippen LogP contribution < -0.4 is 5.01 Å². The summed E-state index contributed by atoms with van der Waals surface area (Å²) in [5.74, 6) is 0. The van der Waals surface area contributed by atoms with Crippen LogP contribution >= 0.6 is 0 Å². The summed E-state index contributed by atoms with van der Waals surface area (Å²) in [6.07, 6.45) is 3.46. The molecule has 0 bridgehead atoms. The summed E-state index contributed by atoms with van der Waals surface area (Å²) in [5, 5.41) is 4.51. The van der Waals surface area contributed by atoms with E-state index in [2.05, 4.69) is 24.3 Å². The van der Waals surface area contributed by atoms with Gasteiger partial charge in [0.05, 0.1) is 16.7 Å². The Morgan fingerprint density at radius 2 is 1.58 bits per heavy atom. The van der Waals surface area contributed by atoms with Crippen LogP contribution in [0.2, 0.25) is 0 Å². The fourth-order valence-corrected chi connectivity index (χ4v) is 2.00. The second-order valence-corrected chi connectivity index (χ2v) is 4.50. The zero-order chi connectivity index (χ0) is 13.5. The molecule has 0 saturated carbocycles. The van der Waals surface area contributed by atoms with E-state index >= 15 is 0 Å². The van der Waals surface area contributed by atoms with Gasteiger partial charge in [-0.2, -0.15) is 5.01 Å². The van der Waals surface area contributed by atoms with E-state index in [1.807, 2.05) is 42.5 Å². The van der Waals surface area contributed by atoms with Gasteiger partial charge in [-0.1, -0.05) is 43.7 Å². The van der Waals surface area contributed by atoms with Crippen molar-refractivity contribution < 1.29 is 0 Å². The zero-order valence-electron chi connectivity index (χ0n) is 11.1. The first-order valence-electron chi connectivity index (χ1n) is 6.62. The Morgan fingerprint density at radius 1 is 0.947 bits per heavy atom. The number of unbranched alkanes of at least 4 members (excludes halogenated alkanes) is 1. The molecular weight excluding hydrogens is 236 g/mol. The maximum atomic E-state index is 11.0. The second kappa shape index (κ2) is 6.69. The Balaban J connectivity index is 2.18. The number of rotatable bonds is 6. The normalized spacial score (nSPS) is 10.2. The lowest BCUT2D eigenvalue weighted by Crippen LogP contribution is -2.07. The van der Waals surface area contributed by atoms with Gasteiger partial charge in [0, 0.05) is 0 Å². The SMILES string of the molecule is CCCCc1ccc(N(N=O)c2ccccc2)cc1. The van der Waals surface area contributed by atoms with E-state index < -0.39 is 0 Å². The first-order chi connectivity index (χ1) is 9.35. The summed E-state index contributed by atoms with van der Waals surface area (Å²) in [7, 11) is 0. The van der Waals surface area contributed by atoms with Gasteiger partial charge in [-0.15, -0.1) is 4.91 Å². The van der Waals surface area contributed by atoms with Crippen molar-refractivity contribution in [3.05, 3.63) is 65.1 Å². The molecule has 0 aliphatic heterocycles. The maximum Gasteiger partial charge on any atom is 0.0685 e. The molecule has 0 aromatic heterocycles. The fourth-order valence-electron chi connectivity index (χ4n) is 2.00. The Kier molecular flexibility index (Phi) is 4.67. The first-order valence-corrected chi connectivity index (χ1v) is 6.62. The predicted octanol–water partition coefficient (Wildman–Crippen LogP) is 4.85. The van der Waals surface area contributed by atoms with Crippen LogP contribution in [0.3, 0.4) is 0 Å². The number of nitroso groups, excluding NO2 is 1.